The lowest BCUT2D eigenvalue weighted by Crippen LogP contribution is -1.94. The Bertz CT molecular complexity index is 3620. The lowest BCUT2D eigenvalue weighted by molar-refractivity contribution is 1.18. The van der Waals surface area contributed by atoms with E-state index in [0.29, 0.717) is 11.3 Å². The molecule has 2 heterocycles. The van der Waals surface area contributed by atoms with Gasteiger partial charge in [0.2, 0.25) is 0 Å². The van der Waals surface area contributed by atoms with E-state index in [0.717, 1.165) is 60.9 Å². The van der Waals surface area contributed by atoms with E-state index in [2.05, 4.69) is 71.3 Å². The van der Waals surface area contributed by atoms with Gasteiger partial charge in [-0.2, -0.15) is 0 Å². The Balaban J connectivity index is 1.19. The van der Waals surface area contributed by atoms with Crippen molar-refractivity contribution in [1.29, 1.82) is 0 Å². The van der Waals surface area contributed by atoms with Crippen LogP contribution in [0.2, 0.25) is 0 Å². The van der Waals surface area contributed by atoms with E-state index in [4.69, 9.17) is 4.11 Å². The highest BCUT2D eigenvalue weighted by Crippen LogP contribution is 2.42. The predicted octanol–water partition coefficient (Wildman–Crippen LogP) is 14.5. The van der Waals surface area contributed by atoms with Crippen molar-refractivity contribution in [3.05, 3.63) is 218 Å². The lowest BCUT2D eigenvalue weighted by atomic mass is 9.95. The number of benzene rings is 9. The molecular formula is C54H36N2. The fourth-order valence-electron chi connectivity index (χ4n) is 8.17. The third-order valence-corrected chi connectivity index (χ3v) is 10.8. The Kier molecular flexibility index (Phi) is 6.01. The average Bonchev–Trinajstić information content (AvgIpc) is 3.87. The van der Waals surface area contributed by atoms with Gasteiger partial charge in [-0.3, -0.25) is 0 Å². The van der Waals surface area contributed by atoms with Crippen LogP contribution in [0.15, 0.2) is 218 Å². The van der Waals surface area contributed by atoms with Gasteiger partial charge in [0.05, 0.1) is 31.7 Å². The lowest BCUT2D eigenvalue weighted by Gasteiger charge is -2.10. The molecule has 0 saturated carbocycles. The summed E-state index contributed by atoms with van der Waals surface area (Å²) in [5.41, 5.74) is 10.8. The summed E-state index contributed by atoms with van der Waals surface area (Å²) in [4.78, 5) is 0. The van der Waals surface area contributed by atoms with Crippen molar-refractivity contribution in [2.24, 2.45) is 0 Å². The van der Waals surface area contributed by atoms with Crippen molar-refractivity contribution in [3.8, 4) is 55.9 Å². The first-order valence-corrected chi connectivity index (χ1v) is 18.7. The fraction of sp³-hybridized carbons (Fsp3) is 0. The second kappa shape index (κ2) is 13.2. The molecule has 2 heteroatoms. The zero-order chi connectivity index (χ0) is 43.1. The maximum atomic E-state index is 9.93. The average molecular weight is 720 g/mol. The van der Waals surface area contributed by atoms with Crippen molar-refractivity contribution in [3.63, 3.8) is 0 Å². The van der Waals surface area contributed by atoms with Crippen LogP contribution in [0.3, 0.4) is 0 Å². The van der Waals surface area contributed by atoms with Gasteiger partial charge in [0.15, 0.2) is 0 Å². The first-order chi connectivity index (χ1) is 30.7. The monoisotopic (exact) mass is 719 g/mol. The molecule has 262 valence electrons. The highest BCUT2D eigenvalue weighted by molar-refractivity contribution is 6.17. The quantitative estimate of drug-likeness (QED) is 0.162. The van der Waals surface area contributed by atoms with Crippen LogP contribution in [-0.4, -0.2) is 9.13 Å². The molecule has 0 bridgehead atoms. The number of rotatable bonds is 6. The van der Waals surface area contributed by atoms with Crippen LogP contribution >= 0.6 is 0 Å². The minimum absolute atomic E-state index is 0.0809. The summed E-state index contributed by atoms with van der Waals surface area (Å²) >= 11 is 0. The normalized spacial score (nSPS) is 13.3. The molecule has 0 unspecified atom stereocenters. The van der Waals surface area contributed by atoms with Gasteiger partial charge >= 0.3 is 0 Å². The van der Waals surface area contributed by atoms with Crippen LogP contribution in [0.4, 0.5) is 0 Å². The highest BCUT2D eigenvalue weighted by atomic mass is 15.0. The van der Waals surface area contributed by atoms with E-state index < -0.39 is 12.1 Å². The number of hydrogen-bond donors (Lipinski definition) is 0. The predicted molar refractivity (Wildman–Crippen MR) is 237 cm³/mol. The third-order valence-electron chi connectivity index (χ3n) is 10.8. The summed E-state index contributed by atoms with van der Waals surface area (Å²) in [6.07, 6.45) is 0. The van der Waals surface area contributed by atoms with Gasteiger partial charge in [-0.25, -0.2) is 0 Å². The zero-order valence-electron chi connectivity index (χ0n) is 37.1. The number of aromatic nitrogens is 2. The Morgan fingerprint density at radius 1 is 0.321 bits per heavy atom. The zero-order valence-corrected chi connectivity index (χ0v) is 30.1. The van der Waals surface area contributed by atoms with Crippen LogP contribution in [0, 0.1) is 0 Å². The Hall–Kier alpha value is -7.42. The summed E-state index contributed by atoms with van der Waals surface area (Å²) in [6.45, 7) is 0. The van der Waals surface area contributed by atoms with Gasteiger partial charge in [-0.15, -0.1) is 0 Å². The van der Waals surface area contributed by atoms with Gasteiger partial charge in [0.1, 0.15) is 0 Å². The third kappa shape index (κ3) is 5.26. The number of fused-ring (bicyclic) bond motifs is 6. The molecular weight excluding hydrogens is 677 g/mol. The molecule has 0 aliphatic heterocycles. The molecule has 0 atom stereocenters. The molecule has 0 N–H and O–H groups in total. The number of nitrogens with zero attached hydrogens (tertiary/aromatic N) is 2. The van der Waals surface area contributed by atoms with E-state index in [9.17, 15) is 5.48 Å². The van der Waals surface area contributed by atoms with Crippen molar-refractivity contribution >= 4 is 43.6 Å². The maximum Gasteiger partial charge on any atom is 0.0645 e. The summed E-state index contributed by atoms with van der Waals surface area (Å²) in [6, 6.07) is 56.8. The second-order valence-electron chi connectivity index (χ2n) is 14.0. The van der Waals surface area contributed by atoms with Crippen molar-refractivity contribution < 1.29 is 9.60 Å². The molecule has 0 aliphatic carbocycles. The van der Waals surface area contributed by atoms with Crippen LogP contribution in [0.25, 0.3) is 99.5 Å². The van der Waals surface area contributed by atoms with E-state index in [1.165, 1.54) is 0 Å². The minimum atomic E-state index is -0.424. The van der Waals surface area contributed by atoms with E-state index in [1.807, 2.05) is 109 Å². The Labute approximate surface area is 335 Å². The molecule has 0 amide bonds. The second-order valence-corrected chi connectivity index (χ2v) is 14.0. The SMILES string of the molecule is [2H]c1c([2H])c([2H])c2c(c1[2H])c1c([2H])c(-c3ccc4c(c3)c3c(-c5cccc(-c6ccccc6)c5)cccc3n4-c3ccccc3)c([2H])c([2H])c1n2-c1ccc(-c2ccccc2)cc1. The van der Waals surface area contributed by atoms with Crippen molar-refractivity contribution in [2.75, 3.05) is 0 Å². The standard InChI is InChI=1S/C54H36N2/c1-4-14-37(15-5-1)39-26-30-45(31-27-39)55-50-24-11-10-22-47(50)48-35-41(28-32-51(48)55)42-29-33-52-49(36-42)54-46(23-13-25-53(54)56(52)44-20-8-3-9-21-44)43-19-12-18-40(34-43)38-16-6-2-7-17-38/h1-36H/i10D,11D,22D,24D,28D,32D,35D. The van der Waals surface area contributed by atoms with Crippen LogP contribution < -0.4 is 0 Å². The molecule has 2 aromatic heterocycles. The molecule has 9 aromatic carbocycles. The molecule has 2 nitrogen and oxygen atoms in total. The summed E-state index contributed by atoms with van der Waals surface area (Å²) in [7, 11) is 0. The van der Waals surface area contributed by atoms with Gasteiger partial charge in [-0.1, -0.05) is 152 Å². The topological polar surface area (TPSA) is 9.86 Å². The number of hydrogen-bond acceptors (Lipinski definition) is 0. The first-order valence-electron chi connectivity index (χ1n) is 22.2. The van der Waals surface area contributed by atoms with E-state index in [1.54, 1.807) is 4.57 Å². The summed E-state index contributed by atoms with van der Waals surface area (Å²) in [5.74, 6) is 0. The van der Waals surface area contributed by atoms with E-state index in [-0.39, 0.29) is 57.6 Å². The Morgan fingerprint density at radius 3 is 1.68 bits per heavy atom. The minimum Gasteiger partial charge on any atom is -0.309 e. The van der Waals surface area contributed by atoms with Gasteiger partial charge in [0, 0.05) is 32.9 Å². The molecule has 0 fully saturated rings. The largest absolute Gasteiger partial charge is 0.309 e. The van der Waals surface area contributed by atoms with Gasteiger partial charge in [-0.05, 0) is 111 Å². The van der Waals surface area contributed by atoms with E-state index >= 15 is 0 Å². The van der Waals surface area contributed by atoms with Crippen molar-refractivity contribution in [2.45, 2.75) is 0 Å². The Morgan fingerprint density at radius 2 is 0.893 bits per heavy atom. The maximum absolute atomic E-state index is 9.93. The molecule has 0 saturated heterocycles. The molecule has 0 radical (unpaired) electrons. The molecule has 0 spiro atoms. The van der Waals surface area contributed by atoms with Gasteiger partial charge in [0.25, 0.3) is 0 Å². The molecule has 11 rings (SSSR count). The molecule has 56 heavy (non-hydrogen) atoms. The molecule has 0 aliphatic rings. The van der Waals surface area contributed by atoms with Crippen LogP contribution in [0.5, 0.6) is 0 Å². The number of para-hydroxylation sites is 2. The van der Waals surface area contributed by atoms with Crippen LogP contribution in [-0.2, 0) is 0 Å². The fourth-order valence-corrected chi connectivity index (χ4v) is 8.17. The smallest absolute Gasteiger partial charge is 0.0645 e. The molecule has 11 aromatic rings. The summed E-state index contributed by atoms with van der Waals surface area (Å²) < 4.78 is 68.8. The van der Waals surface area contributed by atoms with Crippen LogP contribution in [0.1, 0.15) is 9.60 Å². The summed E-state index contributed by atoms with van der Waals surface area (Å²) in [5, 5.41) is 2.24. The first kappa shape index (κ1) is 25.6. The van der Waals surface area contributed by atoms with Crippen molar-refractivity contribution in [1.82, 2.24) is 9.13 Å². The highest BCUT2D eigenvalue weighted by Gasteiger charge is 2.19. The van der Waals surface area contributed by atoms with Gasteiger partial charge < -0.3 is 9.13 Å².